The number of quaternary nitrogens is 2. The molecular weight excluding hydrogens is 612 g/mol. The molecule has 0 aliphatic carbocycles. The number of aromatic nitrogens is 2. The summed E-state index contributed by atoms with van der Waals surface area (Å²) in [7, 11) is 0. The van der Waals surface area contributed by atoms with Crippen molar-refractivity contribution in [2.75, 3.05) is 57.3 Å². The first-order valence-corrected chi connectivity index (χ1v) is 15.9. The number of aryl methyl sites for hydroxylation is 1. The molecule has 0 spiro atoms. The summed E-state index contributed by atoms with van der Waals surface area (Å²) in [5.74, 6) is -2.77. The van der Waals surface area contributed by atoms with Crippen molar-refractivity contribution in [2.45, 2.75) is 65.6 Å². The lowest BCUT2D eigenvalue weighted by Crippen LogP contribution is -3.14. The fourth-order valence-electron chi connectivity index (χ4n) is 5.55. The zero-order chi connectivity index (χ0) is 34.8. The highest BCUT2D eigenvalue weighted by Gasteiger charge is 2.25. The van der Waals surface area contributed by atoms with Crippen LogP contribution in [0.1, 0.15) is 50.7 Å². The summed E-state index contributed by atoms with van der Waals surface area (Å²) in [6.45, 7) is 12.5. The van der Waals surface area contributed by atoms with E-state index in [2.05, 4.69) is 15.2 Å². The maximum absolute atomic E-state index is 12.9. The molecule has 1 aromatic carbocycles. The highest BCUT2D eigenvalue weighted by molar-refractivity contribution is 5.79. The van der Waals surface area contributed by atoms with E-state index in [1.54, 1.807) is 28.1 Å². The number of anilines is 1. The monoisotopic (exact) mass is 660 g/mol. The number of carboxylic acid groups (broad SMARTS) is 3. The molecule has 2 saturated heterocycles. The molecule has 0 radical (unpaired) electrons. The van der Waals surface area contributed by atoms with E-state index in [1.807, 2.05) is 25.1 Å². The van der Waals surface area contributed by atoms with Crippen LogP contribution in [0.2, 0.25) is 0 Å². The van der Waals surface area contributed by atoms with Crippen molar-refractivity contribution in [3.8, 4) is 0 Å². The highest BCUT2D eigenvalue weighted by Crippen LogP contribution is 2.15. The molecule has 4 N–H and O–H groups in total. The Kier molecular flexibility index (Phi) is 16.9. The van der Waals surface area contributed by atoms with E-state index < -0.39 is 35.7 Å². The van der Waals surface area contributed by atoms with Crippen molar-refractivity contribution in [1.29, 1.82) is 0 Å². The van der Waals surface area contributed by atoms with Crippen molar-refractivity contribution < 1.29 is 49.0 Å². The molecule has 15 heteroatoms. The van der Waals surface area contributed by atoms with E-state index in [4.69, 9.17) is 24.5 Å². The van der Waals surface area contributed by atoms with Crippen LogP contribution in [0.4, 0.5) is 10.6 Å². The molecule has 1 aromatic heterocycles. The van der Waals surface area contributed by atoms with Gasteiger partial charge in [-0.05, 0) is 26.3 Å². The van der Waals surface area contributed by atoms with Crippen LogP contribution in [0.5, 0.6) is 0 Å². The number of alkyl carbamates (subject to hydrolysis) is 1. The highest BCUT2D eigenvalue weighted by atomic mass is 16.5. The summed E-state index contributed by atoms with van der Waals surface area (Å²) < 4.78 is 6.38. The van der Waals surface area contributed by atoms with Crippen LogP contribution in [-0.4, -0.2) is 97.1 Å². The minimum atomic E-state index is -1.34. The molecule has 2 aliphatic rings. The van der Waals surface area contributed by atoms with Crippen LogP contribution in [0.25, 0.3) is 0 Å². The number of rotatable bonds is 11. The van der Waals surface area contributed by atoms with E-state index in [0.717, 1.165) is 57.6 Å². The Bertz CT molecular complexity index is 1330. The third-order valence-electron chi connectivity index (χ3n) is 7.70. The maximum Gasteiger partial charge on any atom is 0.408 e. The molecule has 2 aliphatic heterocycles. The van der Waals surface area contributed by atoms with Gasteiger partial charge in [-0.3, -0.25) is 4.57 Å². The zero-order valence-corrected chi connectivity index (χ0v) is 27.5. The van der Waals surface area contributed by atoms with Crippen molar-refractivity contribution in [2.24, 2.45) is 0 Å². The summed E-state index contributed by atoms with van der Waals surface area (Å²) in [6.07, 6.45) is 5.77. The quantitative estimate of drug-likeness (QED) is 0.187. The maximum atomic E-state index is 12.9. The van der Waals surface area contributed by atoms with Gasteiger partial charge in [0.05, 0.1) is 52.4 Å². The van der Waals surface area contributed by atoms with Crippen LogP contribution in [0.15, 0.2) is 41.3 Å². The summed E-state index contributed by atoms with van der Waals surface area (Å²) in [4.78, 5) is 64.6. The first-order chi connectivity index (χ1) is 22.3. The van der Waals surface area contributed by atoms with Gasteiger partial charge in [0.2, 0.25) is 0 Å². The largest absolute Gasteiger partial charge is 0.550 e. The SMILES string of the molecule is CC(=O)[O-].CC(=O)[O-].Cc1cn(C[C@H](NC(=O)OCc2ccccc2)C(=O)O)c(=O)nc1N1CCC[NH+](CCC[NH+]2CCCC2)CC1. The van der Waals surface area contributed by atoms with E-state index >= 15 is 0 Å². The smallest absolute Gasteiger partial charge is 0.408 e. The minimum absolute atomic E-state index is 0.0166. The molecule has 2 atom stereocenters. The molecular formula is C32H48N6O9. The van der Waals surface area contributed by atoms with Crippen LogP contribution in [-0.2, 0) is 32.3 Å². The Labute approximate surface area is 274 Å². The Hall–Kier alpha value is -4.50. The van der Waals surface area contributed by atoms with Gasteiger partial charge in [-0.15, -0.1) is 0 Å². The average molecular weight is 661 g/mol. The molecule has 260 valence electrons. The fraction of sp³-hybridized carbons (Fsp3) is 0.562. The molecule has 2 aromatic rings. The van der Waals surface area contributed by atoms with Crippen molar-refractivity contribution in [1.82, 2.24) is 14.9 Å². The minimum Gasteiger partial charge on any atom is -0.550 e. The van der Waals surface area contributed by atoms with Gasteiger partial charge < -0.3 is 49.7 Å². The first kappa shape index (κ1) is 38.7. The number of ether oxygens (including phenoxy) is 1. The second-order valence-corrected chi connectivity index (χ2v) is 11.7. The Morgan fingerprint density at radius 2 is 1.53 bits per heavy atom. The summed E-state index contributed by atoms with van der Waals surface area (Å²) in [6, 6.07) is 7.76. The van der Waals surface area contributed by atoms with Gasteiger partial charge in [0.25, 0.3) is 0 Å². The van der Waals surface area contributed by atoms with Crippen molar-refractivity contribution in [3.05, 3.63) is 58.1 Å². The number of likely N-dealkylation sites (tertiary alicyclic amines) is 1. The predicted octanol–water partition coefficient (Wildman–Crippen LogP) is -3.39. The van der Waals surface area contributed by atoms with Crippen LogP contribution >= 0.6 is 0 Å². The molecule has 47 heavy (non-hydrogen) atoms. The lowest BCUT2D eigenvalue weighted by molar-refractivity contribution is -0.913. The molecule has 1 unspecified atom stereocenters. The second-order valence-electron chi connectivity index (χ2n) is 11.7. The fourth-order valence-corrected chi connectivity index (χ4v) is 5.55. The average Bonchev–Trinajstić information content (AvgIpc) is 3.41. The van der Waals surface area contributed by atoms with Crippen molar-refractivity contribution in [3.63, 3.8) is 0 Å². The molecule has 4 rings (SSSR count). The Balaban J connectivity index is 0.000000862. The number of hydrogen-bond acceptors (Lipinski definition) is 10. The number of carboxylic acids is 3. The summed E-state index contributed by atoms with van der Waals surface area (Å²) in [5, 5.41) is 29.8. The molecule has 0 bridgehead atoms. The molecule has 2 fully saturated rings. The van der Waals surface area contributed by atoms with Crippen LogP contribution in [0.3, 0.4) is 0 Å². The number of hydrogen-bond donors (Lipinski definition) is 4. The zero-order valence-electron chi connectivity index (χ0n) is 27.5. The molecule has 0 saturated carbocycles. The van der Waals surface area contributed by atoms with E-state index in [1.165, 1.54) is 50.0 Å². The van der Waals surface area contributed by atoms with Gasteiger partial charge in [0, 0.05) is 55.9 Å². The second kappa shape index (κ2) is 20.6. The molecule has 3 heterocycles. The third-order valence-corrected chi connectivity index (χ3v) is 7.70. The van der Waals surface area contributed by atoms with Gasteiger partial charge in [-0.2, -0.15) is 4.98 Å². The predicted molar refractivity (Wildman–Crippen MR) is 168 cm³/mol. The van der Waals surface area contributed by atoms with E-state index in [0.29, 0.717) is 5.82 Å². The number of carbonyl (C=O) groups excluding carboxylic acids is 3. The Morgan fingerprint density at radius 3 is 2.13 bits per heavy atom. The summed E-state index contributed by atoms with van der Waals surface area (Å²) in [5.41, 5.74) is 1.04. The molecule has 15 nitrogen and oxygen atoms in total. The van der Waals surface area contributed by atoms with Crippen LogP contribution < -0.4 is 35.9 Å². The van der Waals surface area contributed by atoms with E-state index in [-0.39, 0.29) is 13.2 Å². The lowest BCUT2D eigenvalue weighted by Gasteiger charge is -2.23. The van der Waals surface area contributed by atoms with Gasteiger partial charge in [0.15, 0.2) is 0 Å². The van der Waals surface area contributed by atoms with Gasteiger partial charge in [0.1, 0.15) is 18.5 Å². The Morgan fingerprint density at radius 1 is 0.957 bits per heavy atom. The van der Waals surface area contributed by atoms with Gasteiger partial charge in [-0.1, -0.05) is 30.3 Å². The number of aliphatic carboxylic acids is 3. The van der Waals surface area contributed by atoms with Crippen LogP contribution in [0, 0.1) is 6.92 Å². The summed E-state index contributed by atoms with van der Waals surface area (Å²) >= 11 is 0. The van der Waals surface area contributed by atoms with Gasteiger partial charge in [-0.25, -0.2) is 14.4 Å². The molecule has 1 amide bonds. The normalized spacial score (nSPS) is 16.7. The lowest BCUT2D eigenvalue weighted by atomic mass is 10.2. The number of nitrogens with one attached hydrogen (secondary N) is 3. The van der Waals surface area contributed by atoms with E-state index in [9.17, 15) is 19.5 Å². The van der Waals surface area contributed by atoms with Crippen molar-refractivity contribution >= 4 is 29.8 Å². The van der Waals surface area contributed by atoms with Gasteiger partial charge >= 0.3 is 17.8 Å². The standard InChI is InChI=1S/C28H40N6O5.2C2H4O2/c1-22-19-34(20-24(26(35)36)29-28(38)39-21-23-9-3-2-4-10-23)27(37)30-25(22)33-16-8-15-32(17-18-33)14-7-13-31-11-5-6-12-31;2*1-2(3)4/h2-4,9-10,19,24H,5-8,11-18,20-21H2,1H3,(H,29,38)(H,35,36);2*1H3,(H,3,4)/t24-;;/m0../s1. The number of carbonyl (C=O) groups is 4. The third kappa shape index (κ3) is 15.6. The topological polar surface area (TPSA) is 203 Å². The first-order valence-electron chi connectivity index (χ1n) is 15.9. The number of amides is 1. The number of nitrogens with zero attached hydrogens (tertiary/aromatic N) is 3. The number of benzene rings is 1.